The Kier molecular flexibility index (Phi) is 5.20. The van der Waals surface area contributed by atoms with Gasteiger partial charge in [0, 0.05) is 16.6 Å². The second-order valence-corrected chi connectivity index (χ2v) is 10.8. The summed E-state index contributed by atoms with van der Waals surface area (Å²) in [4.78, 5) is 43.1. The molecule has 0 aromatic heterocycles. The summed E-state index contributed by atoms with van der Waals surface area (Å²) in [5.74, 6) is -1.52. The molecule has 39 heavy (non-hydrogen) atoms. The molecule has 198 valence electrons. The molecule has 1 spiro atoms. The Morgan fingerprint density at radius 1 is 1.00 bits per heavy atom. The highest BCUT2D eigenvalue weighted by molar-refractivity contribution is 6.32. The number of ether oxygens (including phenoxy) is 2. The minimum Gasteiger partial charge on any atom is -0.508 e. The molecule has 4 heterocycles. The average molecular weight is 546 g/mol. The van der Waals surface area contributed by atoms with Crippen LogP contribution in [0.2, 0.25) is 5.02 Å². The molecule has 4 atom stereocenters. The lowest BCUT2D eigenvalue weighted by atomic mass is 9.76. The molecule has 4 aliphatic rings. The largest absolute Gasteiger partial charge is 0.508 e. The topological polar surface area (TPSA) is 117 Å². The molecule has 7 rings (SSSR count). The van der Waals surface area contributed by atoms with Gasteiger partial charge in [-0.15, -0.1) is 0 Å². The van der Waals surface area contributed by atoms with E-state index in [0.717, 1.165) is 11.1 Å². The Balaban J connectivity index is 1.31. The Hall–Kier alpha value is -4.08. The maximum absolute atomic E-state index is 14.1. The van der Waals surface area contributed by atoms with Gasteiger partial charge in [-0.2, -0.15) is 0 Å². The predicted molar refractivity (Wildman–Crippen MR) is 140 cm³/mol. The number of anilines is 1. The van der Waals surface area contributed by atoms with Gasteiger partial charge in [0.2, 0.25) is 24.5 Å². The van der Waals surface area contributed by atoms with Crippen molar-refractivity contribution in [1.29, 1.82) is 0 Å². The van der Waals surface area contributed by atoms with E-state index in [-0.39, 0.29) is 30.9 Å². The number of phenolic OH excluding ortho intramolecular Hbond substituents is 1. The van der Waals surface area contributed by atoms with Crippen LogP contribution >= 0.6 is 11.6 Å². The van der Waals surface area contributed by atoms with Crippen molar-refractivity contribution in [2.75, 3.05) is 12.1 Å². The number of phenols is 1. The van der Waals surface area contributed by atoms with Gasteiger partial charge in [-0.1, -0.05) is 35.9 Å². The fourth-order valence-electron chi connectivity index (χ4n) is 6.49. The van der Waals surface area contributed by atoms with Crippen molar-refractivity contribution in [2.24, 2.45) is 11.8 Å². The van der Waals surface area contributed by atoms with E-state index in [0.29, 0.717) is 39.8 Å². The molecular formula is C29H24ClN3O6. The van der Waals surface area contributed by atoms with Gasteiger partial charge in [-0.25, -0.2) is 0 Å². The summed E-state index contributed by atoms with van der Waals surface area (Å²) in [6.45, 7) is 1.99. The van der Waals surface area contributed by atoms with Gasteiger partial charge in [-0.05, 0) is 60.4 Å². The number of imide groups is 1. The van der Waals surface area contributed by atoms with E-state index in [9.17, 15) is 19.5 Å². The highest BCUT2D eigenvalue weighted by Crippen LogP contribution is 2.54. The number of nitrogens with zero attached hydrogens (tertiary/aromatic N) is 1. The third-order valence-corrected chi connectivity index (χ3v) is 8.75. The molecule has 0 bridgehead atoms. The second kappa shape index (κ2) is 8.46. The van der Waals surface area contributed by atoms with Crippen LogP contribution in [-0.4, -0.2) is 40.6 Å². The first-order chi connectivity index (χ1) is 18.8. The van der Waals surface area contributed by atoms with E-state index in [1.807, 2.05) is 6.92 Å². The van der Waals surface area contributed by atoms with Crippen molar-refractivity contribution < 1.29 is 29.0 Å². The second-order valence-electron chi connectivity index (χ2n) is 10.4. The maximum Gasteiger partial charge on any atom is 0.250 e. The Labute approximate surface area is 228 Å². The quantitative estimate of drug-likeness (QED) is 0.431. The van der Waals surface area contributed by atoms with Crippen LogP contribution in [0.3, 0.4) is 0 Å². The summed E-state index contributed by atoms with van der Waals surface area (Å²) < 4.78 is 10.9. The van der Waals surface area contributed by atoms with Crippen molar-refractivity contribution in [3.8, 4) is 17.2 Å². The maximum atomic E-state index is 14.1. The van der Waals surface area contributed by atoms with E-state index >= 15 is 0 Å². The summed E-state index contributed by atoms with van der Waals surface area (Å²) in [5.41, 5.74) is 2.04. The zero-order valence-corrected chi connectivity index (χ0v) is 21.6. The van der Waals surface area contributed by atoms with Crippen LogP contribution in [0.25, 0.3) is 0 Å². The Bertz CT molecular complexity index is 1570. The van der Waals surface area contributed by atoms with Gasteiger partial charge >= 0.3 is 0 Å². The minimum absolute atomic E-state index is 0.0530. The van der Waals surface area contributed by atoms with Crippen molar-refractivity contribution in [1.82, 2.24) is 10.2 Å². The van der Waals surface area contributed by atoms with Crippen LogP contribution in [0.4, 0.5) is 5.69 Å². The van der Waals surface area contributed by atoms with Crippen LogP contribution in [0, 0.1) is 18.8 Å². The third-order valence-electron chi connectivity index (χ3n) is 8.35. The van der Waals surface area contributed by atoms with Crippen LogP contribution < -0.4 is 20.1 Å². The Morgan fingerprint density at radius 3 is 2.54 bits per heavy atom. The van der Waals surface area contributed by atoms with E-state index in [2.05, 4.69) is 10.6 Å². The molecule has 3 N–H and O–H groups in total. The van der Waals surface area contributed by atoms with Gasteiger partial charge < -0.3 is 19.9 Å². The molecule has 3 aromatic carbocycles. The first kappa shape index (κ1) is 24.0. The minimum atomic E-state index is -1.42. The third kappa shape index (κ3) is 3.39. The number of nitrogens with one attached hydrogen (secondary N) is 2. The van der Waals surface area contributed by atoms with Crippen LogP contribution in [0.15, 0.2) is 54.6 Å². The first-order valence-electron chi connectivity index (χ1n) is 12.7. The van der Waals surface area contributed by atoms with Gasteiger partial charge in [0.15, 0.2) is 11.5 Å². The number of benzene rings is 3. The van der Waals surface area contributed by atoms with Crippen LogP contribution in [0.5, 0.6) is 17.2 Å². The van der Waals surface area contributed by atoms with Crippen LogP contribution in [0.1, 0.15) is 22.3 Å². The van der Waals surface area contributed by atoms with E-state index in [4.69, 9.17) is 21.1 Å². The molecule has 0 aliphatic carbocycles. The summed E-state index contributed by atoms with van der Waals surface area (Å²) in [6.07, 6.45) is 0.384. The number of halogens is 1. The summed E-state index contributed by atoms with van der Waals surface area (Å²) >= 11 is 6.36. The molecule has 0 radical (unpaired) electrons. The van der Waals surface area contributed by atoms with Crippen molar-refractivity contribution in [2.45, 2.75) is 31.5 Å². The lowest BCUT2D eigenvalue weighted by Gasteiger charge is -2.29. The zero-order chi connectivity index (χ0) is 27.1. The van der Waals surface area contributed by atoms with E-state index in [1.54, 1.807) is 54.6 Å². The fourth-order valence-corrected chi connectivity index (χ4v) is 6.65. The van der Waals surface area contributed by atoms with E-state index in [1.165, 1.54) is 4.90 Å². The number of fused-ring (bicyclic) bond motifs is 5. The summed E-state index contributed by atoms with van der Waals surface area (Å²) in [5, 5.41) is 16.6. The highest BCUT2D eigenvalue weighted by Gasteiger charge is 2.70. The highest BCUT2D eigenvalue weighted by atomic mass is 35.5. The lowest BCUT2D eigenvalue weighted by molar-refractivity contribution is -0.143. The van der Waals surface area contributed by atoms with E-state index < -0.39 is 29.3 Å². The SMILES string of the molecule is Cc1c(Cl)ccc2c1NC(=O)[C@@]21N[C@@H](Cc2ccc(O)cc2)[C@H]2C(=O)N(Cc3ccc4c(c3)OCO4)C(=O)[C@@H]21. The van der Waals surface area contributed by atoms with Gasteiger partial charge in [-0.3, -0.25) is 24.6 Å². The molecule has 3 amide bonds. The number of hydrogen-bond acceptors (Lipinski definition) is 7. The molecule has 2 fully saturated rings. The number of carbonyl (C=O) groups excluding carboxylic acids is 3. The molecular weight excluding hydrogens is 522 g/mol. The van der Waals surface area contributed by atoms with Crippen molar-refractivity contribution in [3.05, 3.63) is 81.9 Å². The first-order valence-corrected chi connectivity index (χ1v) is 13.1. The van der Waals surface area contributed by atoms with Gasteiger partial charge in [0.25, 0.3) is 0 Å². The molecule has 3 aromatic rings. The Morgan fingerprint density at radius 2 is 1.74 bits per heavy atom. The molecule has 2 saturated heterocycles. The van der Waals surface area contributed by atoms with Crippen LogP contribution in [-0.2, 0) is 32.9 Å². The molecule has 9 nitrogen and oxygen atoms in total. The average Bonchev–Trinajstić information content (AvgIpc) is 3.65. The number of likely N-dealkylation sites (tertiary alicyclic amines) is 1. The number of hydrogen-bond donors (Lipinski definition) is 3. The number of aromatic hydroxyl groups is 1. The molecule has 4 aliphatic heterocycles. The molecule has 10 heteroatoms. The molecule has 0 saturated carbocycles. The monoisotopic (exact) mass is 545 g/mol. The number of rotatable bonds is 4. The molecule has 0 unspecified atom stereocenters. The smallest absolute Gasteiger partial charge is 0.250 e. The predicted octanol–water partition coefficient (Wildman–Crippen LogP) is 3.25. The van der Waals surface area contributed by atoms with Gasteiger partial charge in [0.1, 0.15) is 11.3 Å². The summed E-state index contributed by atoms with van der Waals surface area (Å²) in [6, 6.07) is 15.0. The van der Waals surface area contributed by atoms with Crippen molar-refractivity contribution in [3.63, 3.8) is 0 Å². The normalized spacial score (nSPS) is 26.4. The lowest BCUT2D eigenvalue weighted by Crippen LogP contribution is -2.53. The fraction of sp³-hybridized carbons (Fsp3) is 0.276. The number of carbonyl (C=O) groups is 3. The zero-order valence-electron chi connectivity index (χ0n) is 20.9. The van der Waals surface area contributed by atoms with Gasteiger partial charge in [0.05, 0.1) is 24.1 Å². The standard InChI is InChI=1S/C29H24ClN3O6/c1-14-19(30)8-7-18-25(14)31-28(37)29(18)24-23(20(32-29)10-15-2-5-17(34)6-3-15)26(35)33(27(24)36)12-16-4-9-21-22(11-16)39-13-38-21/h2-9,11,20,23-24,32,34H,10,12-13H2,1H3,(H,31,37)/t20-,23+,24+,29+/m0/s1. The summed E-state index contributed by atoms with van der Waals surface area (Å²) in [7, 11) is 0. The van der Waals surface area contributed by atoms with Crippen molar-refractivity contribution >= 4 is 35.0 Å². The number of amides is 3.